The van der Waals surface area contributed by atoms with Gasteiger partial charge in [0.25, 0.3) is 0 Å². The van der Waals surface area contributed by atoms with Crippen LogP contribution in [0.3, 0.4) is 0 Å². The summed E-state index contributed by atoms with van der Waals surface area (Å²) < 4.78 is 11.1. The zero-order valence-electron chi connectivity index (χ0n) is 35.1. The van der Waals surface area contributed by atoms with Crippen LogP contribution in [-0.4, -0.2) is 47.3 Å². The summed E-state index contributed by atoms with van der Waals surface area (Å²) >= 11 is 0. The third-order valence-corrected chi connectivity index (χ3v) is 11.7. The number of carboxylic acid groups (broad SMARTS) is 2. The zero-order valence-corrected chi connectivity index (χ0v) is 35.1. The SMILES string of the molecule is CCCCCCCCCCCCCCCCCCOC(=O)C1CC(C(=O)O)C(C(=O)O)CC1C(=O)OCCCCCCCCCCCCCCCCCC. The minimum Gasteiger partial charge on any atom is -0.481 e. The van der Waals surface area contributed by atoms with Crippen LogP contribution in [0.15, 0.2) is 0 Å². The van der Waals surface area contributed by atoms with E-state index in [1.165, 1.54) is 154 Å². The van der Waals surface area contributed by atoms with Crippen LogP contribution in [-0.2, 0) is 28.7 Å². The number of rotatable bonds is 38. The maximum atomic E-state index is 13.2. The van der Waals surface area contributed by atoms with Crippen LogP contribution in [0.1, 0.15) is 232 Å². The van der Waals surface area contributed by atoms with E-state index in [0.717, 1.165) is 38.5 Å². The molecular weight excluding hydrogens is 680 g/mol. The zero-order chi connectivity index (χ0) is 39.5. The minimum absolute atomic E-state index is 0.217. The van der Waals surface area contributed by atoms with Crippen LogP contribution in [0, 0.1) is 23.7 Å². The lowest BCUT2D eigenvalue weighted by Gasteiger charge is -2.35. The third-order valence-electron chi connectivity index (χ3n) is 11.7. The first-order chi connectivity index (χ1) is 26.3. The second-order valence-electron chi connectivity index (χ2n) is 16.5. The molecule has 8 heteroatoms. The summed E-state index contributed by atoms with van der Waals surface area (Å²) in [6.45, 7) is 4.95. The molecule has 0 aromatic heterocycles. The second kappa shape index (κ2) is 35.3. The fourth-order valence-electron chi connectivity index (χ4n) is 8.13. The van der Waals surface area contributed by atoms with E-state index in [2.05, 4.69) is 13.8 Å². The predicted octanol–water partition coefficient (Wildman–Crippen LogP) is 13.0. The minimum atomic E-state index is -1.27. The summed E-state index contributed by atoms with van der Waals surface area (Å²) in [7, 11) is 0. The summed E-state index contributed by atoms with van der Waals surface area (Å²) in [5.41, 5.74) is 0. The van der Waals surface area contributed by atoms with Crippen LogP contribution in [0.5, 0.6) is 0 Å². The van der Waals surface area contributed by atoms with Crippen LogP contribution >= 0.6 is 0 Å². The maximum absolute atomic E-state index is 13.2. The highest BCUT2D eigenvalue weighted by molar-refractivity contribution is 5.86. The first-order valence-electron chi connectivity index (χ1n) is 23.1. The van der Waals surface area contributed by atoms with E-state index in [0.29, 0.717) is 12.8 Å². The highest BCUT2D eigenvalue weighted by Gasteiger charge is 2.50. The van der Waals surface area contributed by atoms with Crippen molar-refractivity contribution in [1.29, 1.82) is 0 Å². The Labute approximate surface area is 331 Å². The van der Waals surface area contributed by atoms with Gasteiger partial charge in [0, 0.05) is 0 Å². The number of carbonyl (C=O) groups excluding carboxylic acids is 2. The van der Waals surface area contributed by atoms with E-state index >= 15 is 0 Å². The van der Waals surface area contributed by atoms with Gasteiger partial charge in [-0.1, -0.05) is 206 Å². The molecule has 0 spiro atoms. The van der Waals surface area contributed by atoms with Crippen LogP contribution in [0.25, 0.3) is 0 Å². The molecule has 4 unspecified atom stereocenters. The van der Waals surface area contributed by atoms with Crippen molar-refractivity contribution in [2.45, 2.75) is 232 Å². The van der Waals surface area contributed by atoms with Crippen molar-refractivity contribution in [1.82, 2.24) is 0 Å². The molecule has 54 heavy (non-hydrogen) atoms. The van der Waals surface area contributed by atoms with Gasteiger partial charge in [0.1, 0.15) is 0 Å². The number of unbranched alkanes of at least 4 members (excludes halogenated alkanes) is 30. The number of aliphatic carboxylic acids is 2. The normalized spacial score (nSPS) is 18.4. The number of hydrogen-bond donors (Lipinski definition) is 2. The van der Waals surface area contributed by atoms with E-state index < -0.39 is 47.5 Å². The first kappa shape index (κ1) is 49.9. The molecule has 0 aromatic carbocycles. The Morgan fingerprint density at radius 3 is 0.759 bits per heavy atom. The lowest BCUT2D eigenvalue weighted by molar-refractivity contribution is -0.172. The van der Waals surface area contributed by atoms with Crippen LogP contribution < -0.4 is 0 Å². The van der Waals surface area contributed by atoms with Crippen molar-refractivity contribution >= 4 is 23.9 Å². The number of carboxylic acids is 2. The molecule has 0 heterocycles. The topological polar surface area (TPSA) is 127 Å². The third kappa shape index (κ3) is 25.9. The Balaban J connectivity index is 2.26. The van der Waals surface area contributed by atoms with Crippen LogP contribution in [0.4, 0.5) is 0 Å². The molecule has 2 N–H and O–H groups in total. The Morgan fingerprint density at radius 1 is 0.352 bits per heavy atom. The molecule has 0 bridgehead atoms. The second-order valence-corrected chi connectivity index (χ2v) is 16.5. The highest BCUT2D eigenvalue weighted by atomic mass is 16.5. The number of esters is 2. The monoisotopic (exact) mass is 765 g/mol. The fraction of sp³-hybridized carbons (Fsp3) is 0.913. The van der Waals surface area contributed by atoms with Crippen molar-refractivity contribution in [3.05, 3.63) is 0 Å². The van der Waals surface area contributed by atoms with Gasteiger partial charge in [0.2, 0.25) is 0 Å². The van der Waals surface area contributed by atoms with E-state index in [1.807, 2.05) is 0 Å². The smallest absolute Gasteiger partial charge is 0.309 e. The molecule has 0 aromatic rings. The molecular formula is C46H84O8. The maximum Gasteiger partial charge on any atom is 0.309 e. The summed E-state index contributed by atoms with van der Waals surface area (Å²) in [4.78, 5) is 50.3. The van der Waals surface area contributed by atoms with E-state index in [-0.39, 0.29) is 26.1 Å². The van der Waals surface area contributed by atoms with Gasteiger partial charge in [0.05, 0.1) is 36.9 Å². The van der Waals surface area contributed by atoms with E-state index in [1.54, 1.807) is 0 Å². The summed E-state index contributed by atoms with van der Waals surface area (Å²) in [6, 6.07) is 0. The predicted molar refractivity (Wildman–Crippen MR) is 219 cm³/mol. The molecule has 1 rings (SSSR count). The molecule has 4 atom stereocenters. The van der Waals surface area contributed by atoms with Gasteiger partial charge < -0.3 is 19.7 Å². The molecule has 1 aliphatic carbocycles. The molecule has 0 saturated heterocycles. The Morgan fingerprint density at radius 2 is 0.556 bits per heavy atom. The average molecular weight is 765 g/mol. The molecule has 1 aliphatic rings. The highest BCUT2D eigenvalue weighted by Crippen LogP contribution is 2.40. The van der Waals surface area contributed by atoms with Gasteiger partial charge in [-0.25, -0.2) is 0 Å². The molecule has 1 fully saturated rings. The van der Waals surface area contributed by atoms with Gasteiger partial charge in [-0.05, 0) is 25.7 Å². The van der Waals surface area contributed by atoms with Crippen molar-refractivity contribution in [3.63, 3.8) is 0 Å². The molecule has 0 amide bonds. The molecule has 0 radical (unpaired) electrons. The van der Waals surface area contributed by atoms with E-state index in [9.17, 15) is 29.4 Å². The van der Waals surface area contributed by atoms with Gasteiger partial charge >= 0.3 is 23.9 Å². The van der Waals surface area contributed by atoms with Gasteiger partial charge in [-0.3, -0.25) is 19.2 Å². The van der Waals surface area contributed by atoms with Gasteiger partial charge in [-0.2, -0.15) is 0 Å². The van der Waals surface area contributed by atoms with Crippen molar-refractivity contribution in [2.24, 2.45) is 23.7 Å². The van der Waals surface area contributed by atoms with Crippen molar-refractivity contribution < 1.29 is 38.9 Å². The Kier molecular flexibility index (Phi) is 32.6. The molecule has 316 valence electrons. The first-order valence-corrected chi connectivity index (χ1v) is 23.1. The molecule has 1 saturated carbocycles. The molecule has 0 aliphatic heterocycles. The molecule has 8 nitrogen and oxygen atoms in total. The standard InChI is InChI=1S/C46H84O8/c1-3-5-7-9-11-13-15-17-19-21-23-25-27-29-31-33-35-53-45(51)41-37-39(43(47)48)40(44(49)50)38-42(41)46(52)54-36-34-32-30-28-26-24-22-20-18-16-14-12-10-8-6-4-2/h39-42H,3-38H2,1-2H3,(H,47,48)(H,49,50). The Bertz CT molecular complexity index is 862. The van der Waals surface area contributed by atoms with Crippen molar-refractivity contribution in [2.75, 3.05) is 13.2 Å². The summed E-state index contributed by atoms with van der Waals surface area (Å²) in [5, 5.41) is 19.5. The average Bonchev–Trinajstić information content (AvgIpc) is 3.16. The van der Waals surface area contributed by atoms with Crippen LogP contribution in [0.2, 0.25) is 0 Å². The largest absolute Gasteiger partial charge is 0.481 e. The van der Waals surface area contributed by atoms with E-state index in [4.69, 9.17) is 9.47 Å². The van der Waals surface area contributed by atoms with Crippen molar-refractivity contribution in [3.8, 4) is 0 Å². The lowest BCUT2D eigenvalue weighted by atomic mass is 9.68. The number of hydrogen-bond acceptors (Lipinski definition) is 6. The summed E-state index contributed by atoms with van der Waals surface area (Å²) in [6.07, 6.45) is 39.5. The van der Waals surface area contributed by atoms with Gasteiger partial charge in [-0.15, -0.1) is 0 Å². The Hall–Kier alpha value is -2.12. The fourth-order valence-corrected chi connectivity index (χ4v) is 8.13. The quantitative estimate of drug-likeness (QED) is 0.0470. The number of ether oxygens (including phenoxy) is 2. The summed E-state index contributed by atoms with van der Waals surface area (Å²) in [5.74, 6) is -8.29. The lowest BCUT2D eigenvalue weighted by Crippen LogP contribution is -2.46. The van der Waals surface area contributed by atoms with Gasteiger partial charge in [0.15, 0.2) is 0 Å². The number of carbonyl (C=O) groups is 4.